The van der Waals surface area contributed by atoms with Gasteiger partial charge in [-0.1, -0.05) is 12.1 Å². The molecule has 29 heavy (non-hydrogen) atoms. The van der Waals surface area contributed by atoms with Crippen LogP contribution in [0.25, 0.3) is 0 Å². The third-order valence-corrected chi connectivity index (χ3v) is 3.71. The number of halogens is 3. The van der Waals surface area contributed by atoms with E-state index in [1.54, 1.807) is 44.5 Å². The smallest absolute Gasteiger partial charge is 0.422 e. The summed E-state index contributed by atoms with van der Waals surface area (Å²) in [6.45, 7) is 1.40. The van der Waals surface area contributed by atoms with Gasteiger partial charge >= 0.3 is 6.18 Å². The van der Waals surface area contributed by atoms with Crippen molar-refractivity contribution in [1.29, 1.82) is 0 Å². The average Bonchev–Trinajstić information content (AvgIpc) is 2.70. The number of hydrogen-bond donors (Lipinski definition) is 2. The average molecular weight is 411 g/mol. The summed E-state index contributed by atoms with van der Waals surface area (Å²) in [5.74, 6) is 1.86. The third-order valence-electron chi connectivity index (χ3n) is 3.71. The number of guanidine groups is 1. The fourth-order valence-corrected chi connectivity index (χ4v) is 2.43. The number of nitrogens with zero attached hydrogens (tertiary/aromatic N) is 1. The van der Waals surface area contributed by atoms with Crippen LogP contribution in [0, 0.1) is 0 Å². The maximum absolute atomic E-state index is 12.3. The molecule has 0 saturated carbocycles. The zero-order chi connectivity index (χ0) is 21.3. The molecule has 2 aromatic rings. The van der Waals surface area contributed by atoms with Crippen LogP contribution in [0.3, 0.4) is 0 Å². The molecule has 2 aromatic carbocycles. The van der Waals surface area contributed by atoms with Crippen LogP contribution in [-0.4, -0.2) is 39.5 Å². The van der Waals surface area contributed by atoms with Crippen LogP contribution in [0.15, 0.2) is 47.5 Å². The quantitative estimate of drug-likeness (QED) is 0.503. The summed E-state index contributed by atoms with van der Waals surface area (Å²) in [7, 11) is 3.18. The molecule has 0 aliphatic carbocycles. The van der Waals surface area contributed by atoms with Crippen LogP contribution in [0.1, 0.15) is 12.5 Å². The molecular weight excluding hydrogens is 387 g/mol. The van der Waals surface area contributed by atoms with E-state index < -0.39 is 12.8 Å². The van der Waals surface area contributed by atoms with Crippen LogP contribution in [0.5, 0.6) is 17.2 Å². The molecule has 0 spiro atoms. The molecule has 0 bridgehead atoms. The number of ether oxygens (including phenoxy) is 3. The number of aliphatic imine (C=N–C) groups is 1. The molecule has 0 atom stereocenters. The Kier molecular flexibility index (Phi) is 7.99. The molecule has 0 fully saturated rings. The Bertz CT molecular complexity index is 826. The summed E-state index contributed by atoms with van der Waals surface area (Å²) >= 11 is 0. The monoisotopic (exact) mass is 411 g/mol. The maximum atomic E-state index is 12.3. The fraction of sp³-hybridized carbons (Fsp3) is 0.350. The first-order valence-corrected chi connectivity index (χ1v) is 8.91. The number of hydrogen-bond acceptors (Lipinski definition) is 4. The van der Waals surface area contributed by atoms with Crippen LogP contribution in [0.4, 0.5) is 18.9 Å². The number of benzene rings is 2. The standard InChI is InChI=1S/C20H24F3N3O3/c1-4-28-18-11-15(8-9-17(18)27-3)26-19(24-2)25-12-14-6-5-7-16(10-14)29-13-20(21,22)23/h5-11H,4,12-13H2,1-3H3,(H2,24,25,26). The van der Waals surface area contributed by atoms with Crippen molar-refractivity contribution < 1.29 is 27.4 Å². The van der Waals surface area contributed by atoms with Crippen molar-refractivity contribution in [2.75, 3.05) is 32.7 Å². The highest BCUT2D eigenvalue weighted by molar-refractivity contribution is 5.93. The van der Waals surface area contributed by atoms with Crippen LogP contribution >= 0.6 is 0 Å². The van der Waals surface area contributed by atoms with Crippen molar-refractivity contribution in [1.82, 2.24) is 5.32 Å². The zero-order valence-electron chi connectivity index (χ0n) is 16.5. The summed E-state index contributed by atoms with van der Waals surface area (Å²) in [6.07, 6.45) is -4.38. The molecule has 0 aromatic heterocycles. The second-order valence-electron chi connectivity index (χ2n) is 5.90. The van der Waals surface area contributed by atoms with Gasteiger partial charge in [-0.3, -0.25) is 4.99 Å². The number of methoxy groups -OCH3 is 1. The lowest BCUT2D eigenvalue weighted by Gasteiger charge is -2.15. The number of alkyl halides is 3. The van der Waals surface area contributed by atoms with Gasteiger partial charge in [0.15, 0.2) is 24.1 Å². The Morgan fingerprint density at radius 1 is 1.07 bits per heavy atom. The first-order chi connectivity index (χ1) is 13.8. The van der Waals surface area contributed by atoms with E-state index in [9.17, 15) is 13.2 Å². The first-order valence-electron chi connectivity index (χ1n) is 8.91. The number of anilines is 1. The SMILES string of the molecule is CCOc1cc(NC(=NC)NCc2cccc(OCC(F)(F)F)c2)ccc1OC. The molecule has 158 valence electrons. The molecule has 0 saturated heterocycles. The molecule has 2 rings (SSSR count). The molecule has 0 unspecified atom stereocenters. The summed E-state index contributed by atoms with van der Waals surface area (Å²) in [6, 6.07) is 11.8. The highest BCUT2D eigenvalue weighted by Crippen LogP contribution is 2.30. The molecule has 0 aliphatic heterocycles. The van der Waals surface area contributed by atoms with Crippen molar-refractivity contribution in [2.24, 2.45) is 4.99 Å². The summed E-state index contributed by atoms with van der Waals surface area (Å²) in [5, 5.41) is 6.23. The highest BCUT2D eigenvalue weighted by Gasteiger charge is 2.28. The minimum atomic E-state index is -4.38. The van der Waals surface area contributed by atoms with Gasteiger partial charge < -0.3 is 24.8 Å². The van der Waals surface area contributed by atoms with Gasteiger partial charge in [-0.25, -0.2) is 0 Å². The minimum absolute atomic E-state index is 0.154. The number of nitrogens with one attached hydrogen (secondary N) is 2. The van der Waals surface area contributed by atoms with Crippen LogP contribution in [-0.2, 0) is 6.54 Å². The van der Waals surface area contributed by atoms with Gasteiger partial charge in [-0.2, -0.15) is 13.2 Å². The molecule has 0 heterocycles. The van der Waals surface area contributed by atoms with E-state index in [1.807, 2.05) is 13.0 Å². The molecule has 0 amide bonds. The van der Waals surface area contributed by atoms with Crippen molar-refractivity contribution in [2.45, 2.75) is 19.6 Å². The highest BCUT2D eigenvalue weighted by atomic mass is 19.4. The maximum Gasteiger partial charge on any atom is 0.422 e. The van der Waals surface area contributed by atoms with Crippen LogP contribution in [0.2, 0.25) is 0 Å². The van der Waals surface area contributed by atoms with Gasteiger partial charge in [0.2, 0.25) is 0 Å². The third kappa shape index (κ3) is 7.44. The van der Waals surface area contributed by atoms with Crippen molar-refractivity contribution in [3.63, 3.8) is 0 Å². The molecule has 0 radical (unpaired) electrons. The first kappa shape index (κ1) is 22.2. The molecular formula is C20H24F3N3O3. The molecule has 6 nitrogen and oxygen atoms in total. The Balaban J connectivity index is 1.98. The summed E-state index contributed by atoms with van der Waals surface area (Å²) in [4.78, 5) is 4.15. The summed E-state index contributed by atoms with van der Waals surface area (Å²) in [5.41, 5.74) is 1.49. The van der Waals surface area contributed by atoms with Gasteiger partial charge in [-0.05, 0) is 36.8 Å². The van der Waals surface area contributed by atoms with Gasteiger partial charge in [0.05, 0.1) is 13.7 Å². The molecule has 9 heteroatoms. The van der Waals surface area contributed by atoms with E-state index in [-0.39, 0.29) is 5.75 Å². The minimum Gasteiger partial charge on any atom is -0.493 e. The van der Waals surface area contributed by atoms with E-state index in [4.69, 9.17) is 14.2 Å². The lowest BCUT2D eigenvalue weighted by atomic mass is 10.2. The predicted octanol–water partition coefficient (Wildman–Crippen LogP) is 4.22. The Morgan fingerprint density at radius 2 is 1.86 bits per heavy atom. The van der Waals surface area contributed by atoms with Crippen molar-refractivity contribution in [3.05, 3.63) is 48.0 Å². The second kappa shape index (κ2) is 10.4. The van der Waals surface area contributed by atoms with E-state index in [2.05, 4.69) is 15.6 Å². The van der Waals surface area contributed by atoms with Gasteiger partial charge in [0.1, 0.15) is 5.75 Å². The Hall–Kier alpha value is -3.10. The van der Waals surface area contributed by atoms with E-state index in [1.165, 1.54) is 6.07 Å². The Morgan fingerprint density at radius 3 is 2.52 bits per heavy atom. The van der Waals surface area contributed by atoms with Crippen LogP contribution < -0.4 is 24.8 Å². The largest absolute Gasteiger partial charge is 0.493 e. The topological polar surface area (TPSA) is 64.1 Å². The van der Waals surface area contributed by atoms with Gasteiger partial charge in [0.25, 0.3) is 0 Å². The second-order valence-corrected chi connectivity index (χ2v) is 5.90. The van der Waals surface area contributed by atoms with Crippen molar-refractivity contribution >= 4 is 11.6 Å². The normalized spacial score (nSPS) is 11.7. The van der Waals surface area contributed by atoms with Gasteiger partial charge in [-0.15, -0.1) is 0 Å². The van der Waals surface area contributed by atoms with E-state index in [0.717, 1.165) is 11.3 Å². The lowest BCUT2D eigenvalue weighted by Crippen LogP contribution is -2.30. The van der Waals surface area contributed by atoms with Gasteiger partial charge in [0, 0.05) is 25.3 Å². The zero-order valence-corrected chi connectivity index (χ0v) is 16.5. The van der Waals surface area contributed by atoms with Crippen molar-refractivity contribution in [3.8, 4) is 17.2 Å². The predicted molar refractivity (Wildman–Crippen MR) is 106 cm³/mol. The van der Waals surface area contributed by atoms with E-state index in [0.29, 0.717) is 30.6 Å². The molecule has 2 N–H and O–H groups in total. The summed E-state index contributed by atoms with van der Waals surface area (Å²) < 4.78 is 52.5. The lowest BCUT2D eigenvalue weighted by molar-refractivity contribution is -0.153. The van der Waals surface area contributed by atoms with E-state index >= 15 is 0 Å². The fourth-order valence-electron chi connectivity index (χ4n) is 2.43. The Labute approximate surface area is 167 Å². The number of rotatable bonds is 8. The molecule has 0 aliphatic rings.